The topological polar surface area (TPSA) is 92.3 Å². The van der Waals surface area contributed by atoms with Crippen molar-refractivity contribution in [2.45, 2.75) is 30.7 Å². The molecule has 0 radical (unpaired) electrons. The van der Waals surface area contributed by atoms with E-state index in [4.69, 9.17) is 11.6 Å². The third-order valence-corrected chi connectivity index (χ3v) is 8.05. The van der Waals surface area contributed by atoms with Crippen molar-refractivity contribution >= 4 is 44.6 Å². The Balaban J connectivity index is 1.54. The molecule has 1 aliphatic heterocycles. The Morgan fingerprint density at radius 1 is 1.13 bits per heavy atom. The van der Waals surface area contributed by atoms with Crippen molar-refractivity contribution in [3.63, 3.8) is 0 Å². The molecule has 1 aliphatic rings. The lowest BCUT2D eigenvalue weighted by Crippen LogP contribution is -2.30. The van der Waals surface area contributed by atoms with Gasteiger partial charge in [-0.2, -0.15) is 4.31 Å². The average Bonchev–Trinajstić information content (AvgIpc) is 3.40. The van der Waals surface area contributed by atoms with E-state index in [1.807, 2.05) is 6.92 Å². The second kappa shape index (κ2) is 8.43. The number of anilines is 1. The summed E-state index contributed by atoms with van der Waals surface area (Å²) in [5.74, 6) is -0.396. The molecule has 1 saturated heterocycles. The van der Waals surface area contributed by atoms with Crippen LogP contribution in [0.15, 0.2) is 53.4 Å². The number of halogens is 1. The van der Waals surface area contributed by atoms with Gasteiger partial charge < -0.3 is 5.32 Å². The first-order valence-electron chi connectivity index (χ1n) is 9.33. The van der Waals surface area contributed by atoms with Crippen molar-refractivity contribution in [1.82, 2.24) is 14.5 Å². The minimum Gasteiger partial charge on any atom is -0.320 e. The highest BCUT2D eigenvalue weighted by Gasteiger charge is 2.38. The van der Waals surface area contributed by atoms with E-state index in [9.17, 15) is 13.2 Å². The van der Waals surface area contributed by atoms with Crippen molar-refractivity contribution in [1.29, 1.82) is 0 Å². The number of sulfonamides is 1. The van der Waals surface area contributed by atoms with Crippen LogP contribution in [0.5, 0.6) is 0 Å². The molecule has 7 nitrogen and oxygen atoms in total. The minimum absolute atomic E-state index is 0.180. The predicted octanol–water partition coefficient (Wildman–Crippen LogP) is 4.28. The number of benzene rings is 2. The van der Waals surface area contributed by atoms with Crippen molar-refractivity contribution < 1.29 is 13.2 Å². The van der Waals surface area contributed by atoms with Crippen LogP contribution in [0.3, 0.4) is 0 Å². The maximum Gasteiger partial charge on any atom is 0.286 e. The number of hydrogen-bond donors (Lipinski definition) is 1. The van der Waals surface area contributed by atoms with E-state index in [2.05, 4.69) is 15.5 Å². The molecule has 4 rings (SSSR count). The smallest absolute Gasteiger partial charge is 0.286 e. The van der Waals surface area contributed by atoms with Crippen LogP contribution in [0.25, 0.3) is 0 Å². The van der Waals surface area contributed by atoms with Gasteiger partial charge in [0.05, 0.1) is 10.9 Å². The first-order valence-corrected chi connectivity index (χ1v) is 12.0. The zero-order chi connectivity index (χ0) is 21.3. The molecule has 0 spiro atoms. The fourth-order valence-corrected chi connectivity index (χ4v) is 6.04. The summed E-state index contributed by atoms with van der Waals surface area (Å²) in [6, 6.07) is 13.1. The van der Waals surface area contributed by atoms with E-state index in [0.29, 0.717) is 28.7 Å². The monoisotopic (exact) mass is 462 g/mol. The van der Waals surface area contributed by atoms with Crippen LogP contribution >= 0.6 is 22.9 Å². The van der Waals surface area contributed by atoms with Crippen LogP contribution in [0.1, 0.15) is 39.3 Å². The summed E-state index contributed by atoms with van der Waals surface area (Å²) < 4.78 is 27.7. The standard InChI is InChI=1S/C20H19ClN4O3S2/c1-13-4-10-16(11-5-13)30(27,28)25-12-2-3-17(25)19-23-24-20(29-19)18(26)22-15-8-6-14(21)7-9-15/h4-11,17H,2-3,12H2,1H3,(H,22,26)/t17-/m1/s1. The highest BCUT2D eigenvalue weighted by atomic mass is 35.5. The second-order valence-corrected chi connectivity index (χ2v) is 10.3. The summed E-state index contributed by atoms with van der Waals surface area (Å²) in [6.07, 6.45) is 1.36. The molecule has 0 aliphatic carbocycles. The molecule has 0 unspecified atom stereocenters. The maximum atomic E-state index is 13.1. The fraction of sp³-hybridized carbons (Fsp3) is 0.250. The minimum atomic E-state index is -3.66. The largest absolute Gasteiger partial charge is 0.320 e. The van der Waals surface area contributed by atoms with Gasteiger partial charge >= 0.3 is 0 Å². The van der Waals surface area contributed by atoms with Gasteiger partial charge in [0.1, 0.15) is 5.01 Å². The highest BCUT2D eigenvalue weighted by molar-refractivity contribution is 7.89. The lowest BCUT2D eigenvalue weighted by Gasteiger charge is -2.22. The van der Waals surface area contributed by atoms with E-state index in [-0.39, 0.29) is 9.90 Å². The Morgan fingerprint density at radius 2 is 1.83 bits per heavy atom. The molecule has 1 atom stereocenters. The lowest BCUT2D eigenvalue weighted by atomic mass is 10.2. The molecule has 156 valence electrons. The Bertz CT molecular complexity index is 1160. The van der Waals surface area contributed by atoms with Crippen LogP contribution in [0.2, 0.25) is 5.02 Å². The molecule has 0 bridgehead atoms. The lowest BCUT2D eigenvalue weighted by molar-refractivity contribution is 0.102. The van der Waals surface area contributed by atoms with Crippen LogP contribution in [-0.4, -0.2) is 35.4 Å². The van der Waals surface area contributed by atoms with Crippen molar-refractivity contribution in [3.8, 4) is 0 Å². The molecule has 1 amide bonds. The van der Waals surface area contributed by atoms with Gasteiger partial charge in [0.2, 0.25) is 15.0 Å². The van der Waals surface area contributed by atoms with Gasteiger partial charge in [-0.1, -0.05) is 40.6 Å². The normalized spacial score (nSPS) is 17.2. The van der Waals surface area contributed by atoms with Gasteiger partial charge in [0.15, 0.2) is 0 Å². The zero-order valence-corrected chi connectivity index (χ0v) is 18.5. The van der Waals surface area contributed by atoms with Gasteiger partial charge in [-0.15, -0.1) is 10.2 Å². The van der Waals surface area contributed by atoms with Gasteiger partial charge in [-0.25, -0.2) is 8.42 Å². The highest BCUT2D eigenvalue weighted by Crippen LogP contribution is 2.37. The number of aryl methyl sites for hydroxylation is 1. The average molecular weight is 463 g/mol. The van der Waals surface area contributed by atoms with Crippen LogP contribution < -0.4 is 5.32 Å². The Hall–Kier alpha value is -2.33. The first kappa shape index (κ1) is 20.9. The molecule has 0 saturated carbocycles. The van der Waals surface area contributed by atoms with E-state index in [0.717, 1.165) is 23.3 Å². The van der Waals surface area contributed by atoms with Gasteiger partial charge in [0.25, 0.3) is 5.91 Å². The predicted molar refractivity (Wildman–Crippen MR) is 116 cm³/mol. The summed E-state index contributed by atoms with van der Waals surface area (Å²) in [6.45, 7) is 2.32. The Morgan fingerprint density at radius 3 is 2.53 bits per heavy atom. The van der Waals surface area contributed by atoms with E-state index < -0.39 is 22.0 Å². The fourth-order valence-electron chi connectivity index (χ4n) is 3.30. The quantitative estimate of drug-likeness (QED) is 0.611. The number of nitrogens with one attached hydrogen (secondary N) is 1. The molecular formula is C20H19ClN4O3S2. The number of rotatable bonds is 5. The van der Waals surface area contributed by atoms with Crippen molar-refractivity contribution in [2.24, 2.45) is 0 Å². The Kier molecular flexibility index (Phi) is 5.88. The third kappa shape index (κ3) is 4.24. The molecule has 2 heterocycles. The number of hydrogen-bond acceptors (Lipinski definition) is 6. The van der Waals surface area contributed by atoms with Crippen molar-refractivity contribution in [2.75, 3.05) is 11.9 Å². The molecule has 2 aromatic carbocycles. The van der Waals surface area contributed by atoms with E-state index in [1.165, 1.54) is 4.31 Å². The number of nitrogens with zero attached hydrogens (tertiary/aromatic N) is 3. The van der Waals surface area contributed by atoms with E-state index >= 15 is 0 Å². The number of carbonyl (C=O) groups excluding carboxylic acids is 1. The first-order chi connectivity index (χ1) is 14.3. The molecule has 10 heteroatoms. The summed E-state index contributed by atoms with van der Waals surface area (Å²) in [5, 5.41) is 12.1. The van der Waals surface area contributed by atoms with Crippen LogP contribution in [-0.2, 0) is 10.0 Å². The maximum absolute atomic E-state index is 13.1. The second-order valence-electron chi connectivity index (χ2n) is 6.99. The summed E-state index contributed by atoms with van der Waals surface area (Å²) in [5.41, 5.74) is 1.58. The van der Waals surface area contributed by atoms with Crippen molar-refractivity contribution in [3.05, 3.63) is 69.1 Å². The molecule has 3 aromatic rings. The molecule has 1 fully saturated rings. The number of carbonyl (C=O) groups is 1. The summed E-state index contributed by atoms with van der Waals surface area (Å²) in [4.78, 5) is 12.7. The SMILES string of the molecule is Cc1ccc(S(=O)(=O)N2CCC[C@@H]2c2nnc(C(=O)Nc3ccc(Cl)cc3)s2)cc1. The van der Waals surface area contributed by atoms with Crippen LogP contribution in [0, 0.1) is 6.92 Å². The van der Waals surface area contributed by atoms with Gasteiger partial charge in [0, 0.05) is 17.3 Å². The molecule has 1 aromatic heterocycles. The number of amides is 1. The summed E-state index contributed by atoms with van der Waals surface area (Å²) >= 11 is 6.97. The van der Waals surface area contributed by atoms with Gasteiger partial charge in [-0.3, -0.25) is 4.79 Å². The van der Waals surface area contributed by atoms with Gasteiger partial charge in [-0.05, 0) is 56.2 Å². The zero-order valence-electron chi connectivity index (χ0n) is 16.1. The third-order valence-electron chi connectivity index (χ3n) is 4.85. The Labute approximate surface area is 183 Å². The molecule has 1 N–H and O–H groups in total. The number of aromatic nitrogens is 2. The molecule has 30 heavy (non-hydrogen) atoms. The van der Waals surface area contributed by atoms with Crippen LogP contribution in [0.4, 0.5) is 5.69 Å². The summed E-state index contributed by atoms with van der Waals surface area (Å²) in [7, 11) is -3.66. The van der Waals surface area contributed by atoms with E-state index in [1.54, 1.807) is 48.5 Å². The molecular weight excluding hydrogens is 444 g/mol.